The molecular formula is C19H32N2. The van der Waals surface area contributed by atoms with E-state index < -0.39 is 0 Å². The van der Waals surface area contributed by atoms with Crippen LogP contribution in [0.2, 0.25) is 0 Å². The lowest BCUT2D eigenvalue weighted by atomic mass is 9.80. The van der Waals surface area contributed by atoms with Crippen LogP contribution < -0.4 is 5.32 Å². The topological polar surface area (TPSA) is 15.3 Å². The fourth-order valence-electron chi connectivity index (χ4n) is 3.96. The number of likely N-dealkylation sites (N-methyl/N-ethyl adjacent to an activating group) is 2. The molecule has 3 atom stereocenters. The Kier molecular flexibility index (Phi) is 5.83. The van der Waals surface area contributed by atoms with E-state index in [0.717, 1.165) is 25.0 Å². The molecule has 0 spiro atoms. The summed E-state index contributed by atoms with van der Waals surface area (Å²) in [6.07, 6.45) is 5.53. The number of hydrogen-bond donors (Lipinski definition) is 1. The summed E-state index contributed by atoms with van der Waals surface area (Å²) >= 11 is 0. The van der Waals surface area contributed by atoms with Gasteiger partial charge in [-0.2, -0.15) is 0 Å². The largest absolute Gasteiger partial charge is 0.319 e. The average molecular weight is 288 g/mol. The molecule has 1 fully saturated rings. The van der Waals surface area contributed by atoms with Gasteiger partial charge in [0.1, 0.15) is 0 Å². The van der Waals surface area contributed by atoms with Crippen molar-refractivity contribution in [1.82, 2.24) is 10.2 Å². The van der Waals surface area contributed by atoms with Crippen LogP contribution in [0, 0.1) is 5.92 Å². The van der Waals surface area contributed by atoms with Crippen molar-refractivity contribution in [3.05, 3.63) is 35.9 Å². The standard InChI is InChI=1S/C19H32N2/c1-16-9-8-12-18(13-16)21(4)15-19(2,14-20-3)17-10-6-5-7-11-17/h5-7,10-11,16,18,20H,8-9,12-15H2,1-4H3. The maximum atomic E-state index is 3.40. The molecule has 0 aliphatic heterocycles. The van der Waals surface area contributed by atoms with Crippen molar-refractivity contribution in [2.24, 2.45) is 5.92 Å². The van der Waals surface area contributed by atoms with E-state index >= 15 is 0 Å². The molecule has 118 valence electrons. The molecule has 0 amide bonds. The first-order valence-corrected chi connectivity index (χ1v) is 8.45. The van der Waals surface area contributed by atoms with Gasteiger partial charge in [-0.15, -0.1) is 0 Å². The van der Waals surface area contributed by atoms with Crippen molar-refractivity contribution in [1.29, 1.82) is 0 Å². The van der Waals surface area contributed by atoms with Crippen LogP contribution in [0.25, 0.3) is 0 Å². The van der Waals surface area contributed by atoms with Gasteiger partial charge in [-0.25, -0.2) is 0 Å². The lowest BCUT2D eigenvalue weighted by Crippen LogP contribution is -2.47. The molecule has 1 N–H and O–H groups in total. The molecule has 0 heterocycles. The van der Waals surface area contributed by atoms with Crippen molar-refractivity contribution >= 4 is 0 Å². The summed E-state index contributed by atoms with van der Waals surface area (Å²) in [6.45, 7) is 6.93. The van der Waals surface area contributed by atoms with E-state index in [0.29, 0.717) is 0 Å². The van der Waals surface area contributed by atoms with E-state index in [1.807, 2.05) is 0 Å². The quantitative estimate of drug-likeness (QED) is 0.859. The normalized spacial score (nSPS) is 25.8. The van der Waals surface area contributed by atoms with Crippen LogP contribution in [0.5, 0.6) is 0 Å². The number of nitrogens with one attached hydrogen (secondary N) is 1. The van der Waals surface area contributed by atoms with Gasteiger partial charge in [0.25, 0.3) is 0 Å². The van der Waals surface area contributed by atoms with Crippen molar-refractivity contribution in [2.45, 2.75) is 51.0 Å². The summed E-state index contributed by atoms with van der Waals surface area (Å²) in [5.41, 5.74) is 1.61. The minimum atomic E-state index is 0.172. The molecule has 1 aliphatic carbocycles. The number of nitrogens with zero attached hydrogens (tertiary/aromatic N) is 1. The van der Waals surface area contributed by atoms with Gasteiger partial charge in [0, 0.05) is 24.5 Å². The van der Waals surface area contributed by atoms with Crippen LogP contribution in [0.1, 0.15) is 45.1 Å². The van der Waals surface area contributed by atoms with Gasteiger partial charge in [-0.05, 0) is 38.4 Å². The monoisotopic (exact) mass is 288 g/mol. The zero-order chi connectivity index (χ0) is 15.3. The molecule has 0 aromatic heterocycles. The molecule has 1 saturated carbocycles. The van der Waals surface area contributed by atoms with E-state index in [4.69, 9.17) is 0 Å². The maximum absolute atomic E-state index is 3.40. The maximum Gasteiger partial charge on any atom is 0.0176 e. The second-order valence-corrected chi connectivity index (χ2v) is 7.30. The van der Waals surface area contributed by atoms with Crippen LogP contribution in [0.15, 0.2) is 30.3 Å². The summed E-state index contributed by atoms with van der Waals surface area (Å²) < 4.78 is 0. The molecule has 1 aliphatic rings. The zero-order valence-electron chi connectivity index (χ0n) is 14.2. The van der Waals surface area contributed by atoms with Gasteiger partial charge >= 0.3 is 0 Å². The van der Waals surface area contributed by atoms with E-state index in [9.17, 15) is 0 Å². The van der Waals surface area contributed by atoms with Crippen LogP contribution in [-0.2, 0) is 5.41 Å². The van der Waals surface area contributed by atoms with Gasteiger partial charge in [0.05, 0.1) is 0 Å². The van der Waals surface area contributed by atoms with Gasteiger partial charge in [-0.1, -0.05) is 57.0 Å². The Morgan fingerprint density at radius 3 is 2.57 bits per heavy atom. The highest BCUT2D eigenvalue weighted by molar-refractivity contribution is 5.25. The summed E-state index contributed by atoms with van der Waals surface area (Å²) in [5.74, 6) is 0.887. The highest BCUT2D eigenvalue weighted by Gasteiger charge is 2.31. The average Bonchev–Trinajstić information content (AvgIpc) is 2.48. The Labute approximate surface area is 130 Å². The molecule has 3 unspecified atom stereocenters. The predicted molar refractivity (Wildman–Crippen MR) is 91.8 cm³/mol. The van der Waals surface area contributed by atoms with Crippen molar-refractivity contribution in [2.75, 3.05) is 27.2 Å². The van der Waals surface area contributed by atoms with E-state index in [2.05, 4.69) is 68.5 Å². The van der Waals surface area contributed by atoms with Crippen LogP contribution in [0.4, 0.5) is 0 Å². The Hall–Kier alpha value is -0.860. The predicted octanol–water partition coefficient (Wildman–Crippen LogP) is 3.67. The first kappa shape index (κ1) is 16.5. The molecule has 0 radical (unpaired) electrons. The van der Waals surface area contributed by atoms with E-state index in [1.165, 1.54) is 31.2 Å². The zero-order valence-corrected chi connectivity index (χ0v) is 14.2. The first-order valence-electron chi connectivity index (χ1n) is 8.45. The fourth-order valence-corrected chi connectivity index (χ4v) is 3.96. The second-order valence-electron chi connectivity index (χ2n) is 7.30. The summed E-state index contributed by atoms with van der Waals surface area (Å²) in [7, 11) is 4.38. The van der Waals surface area contributed by atoms with Crippen LogP contribution in [-0.4, -0.2) is 38.1 Å². The Bertz CT molecular complexity index is 417. The van der Waals surface area contributed by atoms with Crippen LogP contribution in [0.3, 0.4) is 0 Å². The number of benzene rings is 1. The Morgan fingerprint density at radius 2 is 1.95 bits per heavy atom. The second kappa shape index (κ2) is 7.42. The highest BCUT2D eigenvalue weighted by Crippen LogP contribution is 2.30. The smallest absolute Gasteiger partial charge is 0.0176 e. The van der Waals surface area contributed by atoms with Crippen molar-refractivity contribution in [3.8, 4) is 0 Å². The minimum Gasteiger partial charge on any atom is -0.319 e. The molecule has 2 rings (SSSR count). The molecule has 1 aromatic carbocycles. The lowest BCUT2D eigenvalue weighted by molar-refractivity contribution is 0.136. The van der Waals surface area contributed by atoms with Crippen LogP contribution >= 0.6 is 0 Å². The third kappa shape index (κ3) is 4.31. The molecular weight excluding hydrogens is 256 g/mol. The summed E-state index contributed by atoms with van der Waals surface area (Å²) in [6, 6.07) is 11.7. The molecule has 2 nitrogen and oxygen atoms in total. The van der Waals surface area contributed by atoms with Gasteiger partial charge in [-0.3, -0.25) is 0 Å². The lowest BCUT2D eigenvalue weighted by Gasteiger charge is -2.40. The van der Waals surface area contributed by atoms with Gasteiger partial charge in [0.15, 0.2) is 0 Å². The summed E-state index contributed by atoms with van der Waals surface area (Å²) in [5, 5.41) is 3.40. The molecule has 1 aromatic rings. The van der Waals surface area contributed by atoms with Crippen molar-refractivity contribution in [3.63, 3.8) is 0 Å². The molecule has 0 bridgehead atoms. The van der Waals surface area contributed by atoms with Crippen molar-refractivity contribution < 1.29 is 0 Å². The van der Waals surface area contributed by atoms with Gasteiger partial charge < -0.3 is 10.2 Å². The molecule has 21 heavy (non-hydrogen) atoms. The fraction of sp³-hybridized carbons (Fsp3) is 0.684. The SMILES string of the molecule is CNCC(C)(CN(C)C1CCCC(C)C1)c1ccccc1. The number of hydrogen-bond acceptors (Lipinski definition) is 2. The number of rotatable bonds is 6. The molecule has 0 saturated heterocycles. The van der Waals surface area contributed by atoms with Gasteiger partial charge in [0.2, 0.25) is 0 Å². The third-order valence-corrected chi connectivity index (χ3v) is 5.17. The van der Waals surface area contributed by atoms with E-state index in [1.54, 1.807) is 0 Å². The Balaban J connectivity index is 2.08. The first-order chi connectivity index (χ1) is 10.0. The minimum absolute atomic E-state index is 0.172. The molecule has 2 heteroatoms. The summed E-state index contributed by atoms with van der Waals surface area (Å²) in [4.78, 5) is 2.61. The third-order valence-electron chi connectivity index (χ3n) is 5.17. The Morgan fingerprint density at radius 1 is 1.24 bits per heavy atom. The highest BCUT2D eigenvalue weighted by atomic mass is 15.1. The van der Waals surface area contributed by atoms with E-state index in [-0.39, 0.29) is 5.41 Å².